The lowest BCUT2D eigenvalue weighted by atomic mass is 9.97. The molecule has 0 atom stereocenters. The van der Waals surface area contributed by atoms with Gasteiger partial charge < -0.3 is 0 Å². The topological polar surface area (TPSA) is 59.9 Å². The predicted molar refractivity (Wildman–Crippen MR) is 99.1 cm³/mol. The van der Waals surface area contributed by atoms with Gasteiger partial charge in [0.05, 0.1) is 11.7 Å². The predicted octanol–water partition coefficient (Wildman–Crippen LogP) is 4.65. The van der Waals surface area contributed by atoms with Gasteiger partial charge in [0.15, 0.2) is 0 Å². The zero-order chi connectivity index (χ0) is 17.2. The van der Waals surface area contributed by atoms with Gasteiger partial charge in [-0.25, -0.2) is 0 Å². The van der Waals surface area contributed by atoms with Gasteiger partial charge in [-0.3, -0.25) is 9.59 Å². The van der Waals surface area contributed by atoms with Gasteiger partial charge in [-0.05, 0) is 11.1 Å². The molecular formula is C20H12N2O2S. The Morgan fingerprint density at radius 1 is 0.600 bits per heavy atom. The third-order valence-corrected chi connectivity index (χ3v) is 4.66. The summed E-state index contributed by atoms with van der Waals surface area (Å²) in [5.41, 5.74) is 6.90. The van der Waals surface area contributed by atoms with E-state index in [4.69, 9.17) is 0 Å². The van der Waals surface area contributed by atoms with Crippen LogP contribution in [0.4, 0.5) is 0 Å². The summed E-state index contributed by atoms with van der Waals surface area (Å²) in [6.45, 7) is 0. The van der Waals surface area contributed by atoms with Crippen molar-refractivity contribution in [3.05, 3.63) is 71.8 Å². The van der Waals surface area contributed by atoms with Crippen molar-refractivity contribution < 1.29 is 9.59 Å². The zero-order valence-electron chi connectivity index (χ0n) is 13.0. The number of hydrogen-bond donors (Lipinski definition) is 0. The first-order valence-electron chi connectivity index (χ1n) is 7.66. The smallest absolute Gasteiger partial charge is 0.150 e. The molecule has 0 N–H and O–H groups in total. The van der Waals surface area contributed by atoms with Crippen LogP contribution in [-0.2, 0) is 0 Å². The van der Waals surface area contributed by atoms with Gasteiger partial charge in [-0.1, -0.05) is 60.7 Å². The van der Waals surface area contributed by atoms with Gasteiger partial charge in [0.1, 0.15) is 23.6 Å². The minimum atomic E-state index is 0.642. The molecule has 0 unspecified atom stereocenters. The highest BCUT2D eigenvalue weighted by Gasteiger charge is 2.13. The lowest BCUT2D eigenvalue weighted by Gasteiger charge is -2.07. The van der Waals surface area contributed by atoms with Crippen LogP contribution in [0.25, 0.3) is 33.3 Å². The third kappa shape index (κ3) is 2.75. The Morgan fingerprint density at radius 2 is 1.00 bits per heavy atom. The summed E-state index contributed by atoms with van der Waals surface area (Å²) in [6.07, 6.45) is 1.66. The summed E-state index contributed by atoms with van der Waals surface area (Å²) < 4.78 is 8.92. The van der Waals surface area contributed by atoms with Gasteiger partial charge in [-0.15, -0.1) is 0 Å². The number of hydrogen-bond acceptors (Lipinski definition) is 5. The van der Waals surface area contributed by atoms with Crippen LogP contribution in [0.2, 0.25) is 0 Å². The summed E-state index contributed by atoms with van der Waals surface area (Å²) in [6, 6.07) is 18.9. The van der Waals surface area contributed by atoms with E-state index in [0.717, 1.165) is 45.9 Å². The van der Waals surface area contributed by atoms with E-state index in [0.29, 0.717) is 11.1 Å². The Labute approximate surface area is 148 Å². The van der Waals surface area contributed by atoms with E-state index in [1.165, 1.54) is 11.7 Å². The molecule has 3 aromatic carbocycles. The number of aldehydes is 2. The molecular weight excluding hydrogens is 332 g/mol. The number of benzene rings is 3. The average Bonchev–Trinajstić information content (AvgIpc) is 3.17. The van der Waals surface area contributed by atoms with E-state index in [9.17, 15) is 9.59 Å². The summed E-state index contributed by atoms with van der Waals surface area (Å²) >= 11 is 1.17. The lowest BCUT2D eigenvalue weighted by molar-refractivity contribution is 0.111. The Balaban J connectivity index is 1.85. The molecule has 0 fully saturated rings. The molecule has 0 saturated carbocycles. The van der Waals surface area contributed by atoms with E-state index in [1.54, 1.807) is 24.3 Å². The minimum absolute atomic E-state index is 0.642. The molecule has 1 heterocycles. The number of carbonyl (C=O) groups is 2. The summed E-state index contributed by atoms with van der Waals surface area (Å²) in [7, 11) is 0. The molecule has 25 heavy (non-hydrogen) atoms. The number of rotatable bonds is 4. The Bertz CT molecular complexity index is 982. The van der Waals surface area contributed by atoms with Crippen LogP contribution in [0.15, 0.2) is 60.7 Å². The highest BCUT2D eigenvalue weighted by Crippen LogP contribution is 2.34. The Morgan fingerprint density at radius 3 is 1.36 bits per heavy atom. The standard InChI is InChI=1S/C20H12N2O2S/c23-11-13-1-5-15(6-2-13)17-9-10-18(20-19(17)21-25-22-20)16-7-3-14(12-24)4-8-16/h1-12H. The van der Waals surface area contributed by atoms with Gasteiger partial charge >= 0.3 is 0 Å². The zero-order valence-corrected chi connectivity index (χ0v) is 13.9. The maximum absolute atomic E-state index is 10.8. The minimum Gasteiger partial charge on any atom is -0.298 e. The van der Waals surface area contributed by atoms with Crippen LogP contribution in [-0.4, -0.2) is 21.3 Å². The van der Waals surface area contributed by atoms with Gasteiger partial charge in [-0.2, -0.15) is 8.75 Å². The second kappa shape index (κ2) is 6.37. The van der Waals surface area contributed by atoms with Crippen molar-refractivity contribution in [2.24, 2.45) is 0 Å². The molecule has 0 spiro atoms. The van der Waals surface area contributed by atoms with Crippen molar-refractivity contribution >= 4 is 35.3 Å². The molecule has 0 bridgehead atoms. The number of aromatic nitrogens is 2. The van der Waals surface area contributed by atoms with Crippen LogP contribution in [0.5, 0.6) is 0 Å². The molecule has 0 aliphatic heterocycles. The molecule has 1 aromatic heterocycles. The Kier molecular flexibility index (Phi) is 3.91. The fourth-order valence-corrected chi connectivity index (χ4v) is 3.39. The van der Waals surface area contributed by atoms with E-state index in [-0.39, 0.29) is 0 Å². The lowest BCUT2D eigenvalue weighted by Crippen LogP contribution is -1.87. The van der Waals surface area contributed by atoms with E-state index in [1.807, 2.05) is 36.4 Å². The molecule has 4 rings (SSSR count). The fourth-order valence-electron chi connectivity index (χ4n) is 2.81. The van der Waals surface area contributed by atoms with E-state index in [2.05, 4.69) is 8.75 Å². The van der Waals surface area contributed by atoms with Gasteiger partial charge in [0.2, 0.25) is 0 Å². The molecule has 0 aliphatic rings. The quantitative estimate of drug-likeness (QED) is 0.506. The van der Waals surface area contributed by atoms with Crippen molar-refractivity contribution in [1.29, 1.82) is 0 Å². The number of fused-ring (bicyclic) bond motifs is 1. The highest BCUT2D eigenvalue weighted by molar-refractivity contribution is 7.00. The molecule has 120 valence electrons. The van der Waals surface area contributed by atoms with Crippen LogP contribution >= 0.6 is 11.7 Å². The molecule has 5 heteroatoms. The molecule has 0 saturated heterocycles. The first kappa shape index (κ1) is 15.4. The van der Waals surface area contributed by atoms with Crippen LogP contribution in [0.3, 0.4) is 0 Å². The van der Waals surface area contributed by atoms with Crippen molar-refractivity contribution in [3.63, 3.8) is 0 Å². The second-order valence-electron chi connectivity index (χ2n) is 5.60. The van der Waals surface area contributed by atoms with Crippen molar-refractivity contribution in [2.45, 2.75) is 0 Å². The highest BCUT2D eigenvalue weighted by atomic mass is 32.1. The summed E-state index contributed by atoms with van der Waals surface area (Å²) in [5.74, 6) is 0. The monoisotopic (exact) mass is 344 g/mol. The number of nitrogens with zero attached hydrogens (tertiary/aromatic N) is 2. The molecule has 4 nitrogen and oxygen atoms in total. The van der Waals surface area contributed by atoms with Gasteiger partial charge in [0.25, 0.3) is 0 Å². The second-order valence-corrected chi connectivity index (χ2v) is 6.13. The van der Waals surface area contributed by atoms with Crippen molar-refractivity contribution in [2.75, 3.05) is 0 Å². The molecule has 0 amide bonds. The normalized spacial score (nSPS) is 10.7. The van der Waals surface area contributed by atoms with Crippen LogP contribution < -0.4 is 0 Å². The first-order valence-corrected chi connectivity index (χ1v) is 8.39. The van der Waals surface area contributed by atoms with Gasteiger partial charge in [0, 0.05) is 22.3 Å². The van der Waals surface area contributed by atoms with Crippen LogP contribution in [0.1, 0.15) is 20.7 Å². The van der Waals surface area contributed by atoms with Crippen molar-refractivity contribution in [3.8, 4) is 22.3 Å². The summed E-state index contributed by atoms with van der Waals surface area (Å²) in [4.78, 5) is 21.7. The largest absolute Gasteiger partial charge is 0.298 e. The molecule has 4 aromatic rings. The third-order valence-electron chi connectivity index (χ3n) is 4.13. The SMILES string of the molecule is O=Cc1ccc(-c2ccc(-c3ccc(C=O)cc3)c3nsnc23)cc1. The van der Waals surface area contributed by atoms with Crippen molar-refractivity contribution in [1.82, 2.24) is 8.75 Å². The maximum Gasteiger partial charge on any atom is 0.150 e. The Hall–Kier alpha value is -3.18. The van der Waals surface area contributed by atoms with Crippen LogP contribution in [0, 0.1) is 0 Å². The molecule has 0 aliphatic carbocycles. The average molecular weight is 344 g/mol. The van der Waals surface area contributed by atoms with E-state index < -0.39 is 0 Å². The fraction of sp³-hybridized carbons (Fsp3) is 0. The first-order chi connectivity index (χ1) is 12.3. The molecule has 0 radical (unpaired) electrons. The number of carbonyl (C=O) groups excluding carboxylic acids is 2. The van der Waals surface area contributed by atoms with E-state index >= 15 is 0 Å². The maximum atomic E-state index is 10.8. The summed E-state index contributed by atoms with van der Waals surface area (Å²) in [5, 5.41) is 0.